The summed E-state index contributed by atoms with van der Waals surface area (Å²) >= 11 is 0. The maximum absolute atomic E-state index is 13.8. The number of hydrogen-bond acceptors (Lipinski definition) is 4. The molecular weight excluding hydrogens is 325 g/mol. The Balaban J connectivity index is 1.92. The minimum Gasteiger partial charge on any atom is -0.507 e. The number of benzene rings is 2. The second-order valence-electron chi connectivity index (χ2n) is 5.40. The SMILES string of the molecule is Cc1cc(=O)[nH]c(-c2cccc(NC(=O)c3c(O)cccc3F)c2)n1. The molecule has 25 heavy (non-hydrogen) atoms. The molecule has 0 aliphatic rings. The highest BCUT2D eigenvalue weighted by Gasteiger charge is 2.16. The number of anilines is 1. The summed E-state index contributed by atoms with van der Waals surface area (Å²) in [4.78, 5) is 30.7. The predicted octanol–water partition coefficient (Wildman–Crippen LogP) is 2.84. The first-order valence-corrected chi connectivity index (χ1v) is 7.41. The molecule has 0 fully saturated rings. The predicted molar refractivity (Wildman–Crippen MR) is 91.0 cm³/mol. The Morgan fingerprint density at radius 2 is 1.96 bits per heavy atom. The Kier molecular flexibility index (Phi) is 4.30. The molecule has 0 spiro atoms. The molecule has 3 rings (SSSR count). The fourth-order valence-electron chi connectivity index (χ4n) is 2.39. The first-order valence-electron chi connectivity index (χ1n) is 7.41. The number of halogens is 1. The van der Waals surface area contributed by atoms with Crippen LogP contribution in [0.25, 0.3) is 11.4 Å². The van der Waals surface area contributed by atoms with E-state index in [9.17, 15) is 19.1 Å². The average Bonchev–Trinajstić information content (AvgIpc) is 2.54. The third-order valence-electron chi connectivity index (χ3n) is 3.48. The van der Waals surface area contributed by atoms with Crippen LogP contribution < -0.4 is 10.9 Å². The summed E-state index contributed by atoms with van der Waals surface area (Å²) in [6.07, 6.45) is 0. The molecule has 0 atom stereocenters. The minimum absolute atomic E-state index is 0.284. The van der Waals surface area contributed by atoms with E-state index in [1.165, 1.54) is 18.2 Å². The Morgan fingerprint density at radius 1 is 1.20 bits per heavy atom. The fourth-order valence-corrected chi connectivity index (χ4v) is 2.39. The van der Waals surface area contributed by atoms with E-state index in [4.69, 9.17) is 0 Å². The van der Waals surface area contributed by atoms with Gasteiger partial charge in [0.1, 0.15) is 23.0 Å². The molecule has 0 aliphatic carbocycles. The van der Waals surface area contributed by atoms with Crippen LogP contribution in [0, 0.1) is 12.7 Å². The number of nitrogens with zero attached hydrogens (tertiary/aromatic N) is 1. The van der Waals surface area contributed by atoms with Crippen LogP contribution in [-0.2, 0) is 0 Å². The van der Waals surface area contributed by atoms with Crippen LogP contribution in [0.5, 0.6) is 5.75 Å². The first kappa shape index (κ1) is 16.4. The van der Waals surface area contributed by atoms with E-state index >= 15 is 0 Å². The van der Waals surface area contributed by atoms with Gasteiger partial charge in [-0.15, -0.1) is 0 Å². The monoisotopic (exact) mass is 339 g/mol. The van der Waals surface area contributed by atoms with Gasteiger partial charge in [0, 0.05) is 23.0 Å². The third kappa shape index (κ3) is 3.55. The van der Waals surface area contributed by atoms with Gasteiger partial charge in [0.25, 0.3) is 11.5 Å². The standard InChI is InChI=1S/C18H14FN3O3/c1-10-8-15(24)22-17(20-10)11-4-2-5-12(9-11)21-18(25)16-13(19)6-3-7-14(16)23/h2-9,23H,1H3,(H,21,25)(H,20,22,24). The smallest absolute Gasteiger partial charge is 0.262 e. The van der Waals surface area contributed by atoms with Crippen LogP contribution in [0.3, 0.4) is 0 Å². The molecular formula is C18H14FN3O3. The van der Waals surface area contributed by atoms with E-state index < -0.39 is 23.0 Å². The van der Waals surface area contributed by atoms with Gasteiger partial charge in [-0.05, 0) is 31.2 Å². The molecule has 0 radical (unpaired) electrons. The fraction of sp³-hybridized carbons (Fsp3) is 0.0556. The highest BCUT2D eigenvalue weighted by molar-refractivity contribution is 6.06. The lowest BCUT2D eigenvalue weighted by molar-refractivity contribution is 0.102. The van der Waals surface area contributed by atoms with Crippen molar-refractivity contribution in [3.05, 3.63) is 76.0 Å². The maximum Gasteiger partial charge on any atom is 0.262 e. The van der Waals surface area contributed by atoms with E-state index in [0.717, 1.165) is 6.07 Å². The summed E-state index contributed by atoms with van der Waals surface area (Å²) in [5.41, 5.74) is 0.790. The summed E-state index contributed by atoms with van der Waals surface area (Å²) < 4.78 is 13.8. The van der Waals surface area contributed by atoms with Crippen LogP contribution in [0.2, 0.25) is 0 Å². The molecule has 126 valence electrons. The molecule has 3 aromatic rings. The zero-order valence-corrected chi connectivity index (χ0v) is 13.2. The van der Waals surface area contributed by atoms with Crippen molar-refractivity contribution in [3.8, 4) is 17.1 Å². The van der Waals surface area contributed by atoms with Gasteiger partial charge in [-0.25, -0.2) is 9.37 Å². The van der Waals surface area contributed by atoms with Crippen LogP contribution in [0.1, 0.15) is 16.1 Å². The number of H-pyrrole nitrogens is 1. The minimum atomic E-state index is -0.821. The molecule has 3 N–H and O–H groups in total. The number of rotatable bonds is 3. The lowest BCUT2D eigenvalue weighted by atomic mass is 10.1. The normalized spacial score (nSPS) is 10.5. The maximum atomic E-state index is 13.8. The van der Waals surface area contributed by atoms with Gasteiger partial charge in [0.2, 0.25) is 0 Å². The van der Waals surface area contributed by atoms with Crippen molar-refractivity contribution in [2.24, 2.45) is 0 Å². The lowest BCUT2D eigenvalue weighted by Crippen LogP contribution is -2.14. The molecule has 1 heterocycles. The van der Waals surface area contributed by atoms with Crippen LogP contribution in [0.15, 0.2) is 53.3 Å². The van der Waals surface area contributed by atoms with Gasteiger partial charge >= 0.3 is 0 Å². The number of aryl methyl sites for hydroxylation is 1. The van der Waals surface area contributed by atoms with E-state index in [1.807, 2.05) is 0 Å². The summed E-state index contributed by atoms with van der Waals surface area (Å²) in [5.74, 6) is -1.69. The van der Waals surface area contributed by atoms with Crippen molar-refractivity contribution in [3.63, 3.8) is 0 Å². The number of aromatic amines is 1. The molecule has 7 heteroatoms. The zero-order chi connectivity index (χ0) is 18.0. The van der Waals surface area contributed by atoms with Gasteiger partial charge in [0.05, 0.1) is 0 Å². The average molecular weight is 339 g/mol. The summed E-state index contributed by atoms with van der Waals surface area (Å²) in [7, 11) is 0. The second kappa shape index (κ2) is 6.56. The number of hydrogen-bond donors (Lipinski definition) is 3. The number of aromatic hydroxyl groups is 1. The molecule has 1 aromatic heterocycles. The van der Waals surface area contributed by atoms with Gasteiger partial charge in [-0.1, -0.05) is 18.2 Å². The Morgan fingerprint density at radius 3 is 2.68 bits per heavy atom. The number of phenolic OH excluding ortho intramolecular Hbond substituents is 1. The molecule has 0 saturated carbocycles. The molecule has 0 unspecified atom stereocenters. The quantitative estimate of drug-likeness (QED) is 0.684. The number of nitrogens with one attached hydrogen (secondary N) is 2. The first-order chi connectivity index (χ1) is 11.9. The highest BCUT2D eigenvalue weighted by Crippen LogP contribution is 2.23. The molecule has 0 bridgehead atoms. The largest absolute Gasteiger partial charge is 0.507 e. The number of aromatic nitrogens is 2. The zero-order valence-electron chi connectivity index (χ0n) is 13.2. The number of carbonyl (C=O) groups is 1. The van der Waals surface area contributed by atoms with Crippen molar-refractivity contribution >= 4 is 11.6 Å². The third-order valence-corrected chi connectivity index (χ3v) is 3.48. The lowest BCUT2D eigenvalue weighted by Gasteiger charge is -2.09. The molecule has 0 aliphatic heterocycles. The van der Waals surface area contributed by atoms with E-state index in [0.29, 0.717) is 22.8 Å². The van der Waals surface area contributed by atoms with Gasteiger partial charge in [-0.3, -0.25) is 9.59 Å². The van der Waals surface area contributed by atoms with Crippen molar-refractivity contribution in [2.45, 2.75) is 6.92 Å². The number of carbonyl (C=O) groups excluding carboxylic acids is 1. The van der Waals surface area contributed by atoms with Gasteiger partial charge in [-0.2, -0.15) is 0 Å². The van der Waals surface area contributed by atoms with Crippen molar-refractivity contribution in [1.29, 1.82) is 0 Å². The van der Waals surface area contributed by atoms with E-state index in [2.05, 4.69) is 15.3 Å². The van der Waals surface area contributed by atoms with E-state index in [1.54, 1.807) is 31.2 Å². The Bertz CT molecular complexity index is 994. The summed E-state index contributed by atoms with van der Waals surface area (Å²) in [6.45, 7) is 1.70. The summed E-state index contributed by atoms with van der Waals surface area (Å²) in [6, 6.07) is 11.6. The number of amides is 1. The highest BCUT2D eigenvalue weighted by atomic mass is 19.1. The van der Waals surface area contributed by atoms with Gasteiger partial charge < -0.3 is 15.4 Å². The van der Waals surface area contributed by atoms with Gasteiger partial charge in [0.15, 0.2) is 0 Å². The Hall–Kier alpha value is -3.48. The van der Waals surface area contributed by atoms with Crippen LogP contribution in [0.4, 0.5) is 10.1 Å². The molecule has 1 amide bonds. The van der Waals surface area contributed by atoms with Crippen molar-refractivity contribution < 1.29 is 14.3 Å². The number of phenols is 1. The van der Waals surface area contributed by atoms with Crippen molar-refractivity contribution in [1.82, 2.24) is 9.97 Å². The molecule has 6 nitrogen and oxygen atoms in total. The van der Waals surface area contributed by atoms with Crippen molar-refractivity contribution in [2.75, 3.05) is 5.32 Å². The summed E-state index contributed by atoms with van der Waals surface area (Å²) in [5, 5.41) is 12.2. The van der Waals surface area contributed by atoms with Crippen LogP contribution in [-0.4, -0.2) is 21.0 Å². The molecule has 0 saturated heterocycles. The van der Waals surface area contributed by atoms with E-state index in [-0.39, 0.29) is 5.56 Å². The Labute approximate surface area is 142 Å². The van der Waals surface area contributed by atoms with Crippen LogP contribution >= 0.6 is 0 Å². The topological polar surface area (TPSA) is 95.1 Å². The molecule has 2 aromatic carbocycles. The second-order valence-corrected chi connectivity index (χ2v) is 5.40.